The smallest absolute Gasteiger partial charge is 0.253 e. The number of carbonyl (C=O) groups excluding carboxylic acids is 1. The molecule has 6 rings (SSSR count). The summed E-state index contributed by atoms with van der Waals surface area (Å²) in [6.07, 6.45) is 12.5. The van der Waals surface area contributed by atoms with Crippen LogP contribution in [0.1, 0.15) is 60.9 Å². The number of nitrogens with zero attached hydrogens (tertiary/aromatic N) is 4. The van der Waals surface area contributed by atoms with Crippen LogP contribution in [0, 0.1) is 5.92 Å². The molecule has 4 fully saturated rings. The highest BCUT2D eigenvalue weighted by Crippen LogP contribution is 2.70. The summed E-state index contributed by atoms with van der Waals surface area (Å²) in [6.45, 7) is 6.33. The molecule has 1 spiro atoms. The molecule has 2 aliphatic heterocycles. The zero-order valence-corrected chi connectivity index (χ0v) is 21.5. The molecule has 1 amide bonds. The number of likely N-dealkylation sites (tertiary alicyclic amines) is 2. The Bertz CT molecular complexity index is 1130. The number of piperidine rings is 1. The van der Waals surface area contributed by atoms with E-state index in [4.69, 9.17) is 0 Å². The second kappa shape index (κ2) is 9.19. The molecule has 4 unspecified atom stereocenters. The van der Waals surface area contributed by atoms with Crippen molar-refractivity contribution in [3.63, 3.8) is 0 Å². The van der Waals surface area contributed by atoms with Gasteiger partial charge in [-0.05, 0) is 92.9 Å². The van der Waals surface area contributed by atoms with E-state index in [-0.39, 0.29) is 11.3 Å². The molecule has 2 aliphatic carbocycles. The molecule has 0 radical (unpaired) electrons. The number of benzene rings is 2. The Morgan fingerprint density at radius 3 is 2.56 bits per heavy atom. The third kappa shape index (κ3) is 3.98. The Balaban J connectivity index is 1.12. The molecule has 188 valence electrons. The van der Waals surface area contributed by atoms with Crippen LogP contribution >= 0.6 is 0 Å². The van der Waals surface area contributed by atoms with Crippen LogP contribution in [0.4, 0.5) is 5.69 Å². The van der Waals surface area contributed by atoms with Crippen molar-refractivity contribution in [1.82, 2.24) is 9.80 Å². The van der Waals surface area contributed by atoms with Crippen molar-refractivity contribution in [3.8, 4) is 0 Å². The number of anilines is 1. The molecule has 2 heterocycles. The van der Waals surface area contributed by atoms with Gasteiger partial charge in [-0.2, -0.15) is 0 Å². The molecule has 2 saturated carbocycles. The Morgan fingerprint density at radius 2 is 1.86 bits per heavy atom. The summed E-state index contributed by atoms with van der Waals surface area (Å²) in [6, 6.07) is 19.9. The van der Waals surface area contributed by atoms with Crippen molar-refractivity contribution in [2.75, 3.05) is 31.6 Å². The fourth-order valence-corrected chi connectivity index (χ4v) is 7.45. The van der Waals surface area contributed by atoms with Gasteiger partial charge in [-0.1, -0.05) is 36.8 Å². The van der Waals surface area contributed by atoms with Gasteiger partial charge in [-0.15, -0.1) is 0 Å². The van der Waals surface area contributed by atoms with Gasteiger partial charge in [0.2, 0.25) is 0 Å². The fourth-order valence-electron chi connectivity index (χ4n) is 7.45. The Kier molecular flexibility index (Phi) is 5.99. The standard InChI is InChI=1S/C31H38N4O/c1-32-18-22-33(2)27-13-11-24(12-14-27)29(36)34-19-15-30(16-20-34,25-7-4-3-5-8-25)17-21-35-28-10-6-9-26-23-31(26,28)35/h3-5,7-8,11-14,18,22,26,28H,1,6,9-10,15-17,19-21,23H2,2H3/b22-18-. The van der Waals surface area contributed by atoms with E-state index in [1.165, 1.54) is 44.2 Å². The van der Waals surface area contributed by atoms with Gasteiger partial charge in [-0.25, -0.2) is 0 Å². The van der Waals surface area contributed by atoms with Gasteiger partial charge in [0.05, 0.1) is 0 Å². The molecule has 0 aromatic heterocycles. The molecule has 0 N–H and O–H groups in total. The predicted molar refractivity (Wildman–Crippen MR) is 147 cm³/mol. The molecule has 4 atom stereocenters. The number of amides is 1. The summed E-state index contributed by atoms with van der Waals surface area (Å²) in [4.78, 5) is 24.0. The van der Waals surface area contributed by atoms with Gasteiger partial charge < -0.3 is 9.80 Å². The SMILES string of the molecule is C=N/C=C\N(C)c1ccc(C(=O)N2CCC(CCN3C4CCCC5CC543)(c3ccccc3)CC2)cc1. The number of hydrogen-bond acceptors (Lipinski definition) is 4. The summed E-state index contributed by atoms with van der Waals surface area (Å²) < 4.78 is 0. The first-order valence-electron chi connectivity index (χ1n) is 13.6. The molecule has 2 saturated heterocycles. The van der Waals surface area contributed by atoms with Gasteiger partial charge >= 0.3 is 0 Å². The van der Waals surface area contributed by atoms with Crippen molar-refractivity contribution in [2.24, 2.45) is 10.9 Å². The maximum absolute atomic E-state index is 13.4. The monoisotopic (exact) mass is 482 g/mol. The lowest BCUT2D eigenvalue weighted by atomic mass is 9.70. The lowest BCUT2D eigenvalue weighted by Gasteiger charge is -2.43. The highest BCUT2D eigenvalue weighted by Gasteiger charge is 2.76. The molecule has 4 aliphatic rings. The van der Waals surface area contributed by atoms with Crippen LogP contribution in [0.3, 0.4) is 0 Å². The second-order valence-corrected chi connectivity index (χ2v) is 11.4. The quantitative estimate of drug-likeness (QED) is 0.369. The zero-order chi connectivity index (χ0) is 24.8. The van der Waals surface area contributed by atoms with Crippen LogP contribution in [0.15, 0.2) is 72.0 Å². The van der Waals surface area contributed by atoms with Gasteiger partial charge in [0, 0.05) is 55.4 Å². The molecule has 5 heteroatoms. The van der Waals surface area contributed by atoms with Crippen molar-refractivity contribution in [1.29, 1.82) is 0 Å². The minimum absolute atomic E-state index is 0.144. The molecule has 0 bridgehead atoms. The van der Waals surface area contributed by atoms with Crippen LogP contribution in [0.5, 0.6) is 0 Å². The third-order valence-electron chi connectivity index (χ3n) is 9.71. The molecular weight excluding hydrogens is 444 g/mol. The maximum Gasteiger partial charge on any atom is 0.253 e. The van der Waals surface area contributed by atoms with Gasteiger partial charge in [0.25, 0.3) is 5.91 Å². The predicted octanol–water partition coefficient (Wildman–Crippen LogP) is 5.49. The Hall–Kier alpha value is -2.92. The van der Waals surface area contributed by atoms with E-state index in [0.717, 1.165) is 49.1 Å². The van der Waals surface area contributed by atoms with Crippen molar-refractivity contribution >= 4 is 18.3 Å². The topological polar surface area (TPSA) is 38.9 Å². The van der Waals surface area contributed by atoms with Crippen LogP contribution in [0.2, 0.25) is 0 Å². The normalized spacial score (nSPS) is 29.8. The summed E-state index contributed by atoms with van der Waals surface area (Å²) in [7, 11) is 1.96. The van der Waals surface area contributed by atoms with E-state index >= 15 is 0 Å². The van der Waals surface area contributed by atoms with Crippen molar-refractivity contribution in [2.45, 2.75) is 61.9 Å². The molecule has 36 heavy (non-hydrogen) atoms. The largest absolute Gasteiger partial charge is 0.350 e. The van der Waals surface area contributed by atoms with Crippen molar-refractivity contribution < 1.29 is 4.79 Å². The number of carbonyl (C=O) groups is 1. The average molecular weight is 483 g/mol. The van der Waals surface area contributed by atoms with E-state index in [9.17, 15) is 4.79 Å². The minimum atomic E-state index is 0.144. The van der Waals surface area contributed by atoms with Gasteiger partial charge in [0.1, 0.15) is 0 Å². The van der Waals surface area contributed by atoms with Crippen LogP contribution in [0.25, 0.3) is 0 Å². The van der Waals surface area contributed by atoms with Crippen LogP contribution in [-0.4, -0.2) is 60.7 Å². The number of aliphatic imine (C=N–C) groups is 1. The molecule has 2 aromatic carbocycles. The van der Waals surface area contributed by atoms with Gasteiger partial charge in [0.15, 0.2) is 0 Å². The lowest BCUT2D eigenvalue weighted by molar-refractivity contribution is 0.0655. The average Bonchev–Trinajstić information content (AvgIpc) is 3.82. The van der Waals surface area contributed by atoms with E-state index in [0.29, 0.717) is 5.54 Å². The molecule has 5 nitrogen and oxygen atoms in total. The van der Waals surface area contributed by atoms with E-state index in [1.807, 2.05) is 42.4 Å². The zero-order valence-electron chi connectivity index (χ0n) is 21.5. The minimum Gasteiger partial charge on any atom is -0.350 e. The highest BCUT2D eigenvalue weighted by molar-refractivity contribution is 5.94. The summed E-state index contributed by atoms with van der Waals surface area (Å²) >= 11 is 0. The Labute approximate surface area is 215 Å². The summed E-state index contributed by atoms with van der Waals surface area (Å²) in [5.41, 5.74) is 4.02. The van der Waals surface area contributed by atoms with Gasteiger partial charge in [-0.3, -0.25) is 14.7 Å². The van der Waals surface area contributed by atoms with E-state index in [1.54, 1.807) is 6.20 Å². The fraction of sp³-hybridized carbons (Fsp3) is 0.484. The van der Waals surface area contributed by atoms with Crippen LogP contribution in [-0.2, 0) is 5.41 Å². The van der Waals surface area contributed by atoms with Crippen LogP contribution < -0.4 is 4.90 Å². The lowest BCUT2D eigenvalue weighted by Crippen LogP contribution is -2.46. The first-order valence-corrected chi connectivity index (χ1v) is 13.6. The molecular formula is C31H38N4O. The van der Waals surface area contributed by atoms with E-state index in [2.05, 4.69) is 51.8 Å². The summed E-state index contributed by atoms with van der Waals surface area (Å²) in [5.74, 6) is 1.13. The first-order chi connectivity index (χ1) is 17.6. The summed E-state index contributed by atoms with van der Waals surface area (Å²) in [5, 5.41) is 0. The van der Waals surface area contributed by atoms with E-state index < -0.39 is 0 Å². The number of hydrogen-bond donors (Lipinski definition) is 0. The van der Waals surface area contributed by atoms with Crippen molar-refractivity contribution in [3.05, 3.63) is 78.1 Å². The molecule has 2 aromatic rings. The number of rotatable bonds is 8. The Morgan fingerprint density at radius 1 is 1.11 bits per heavy atom. The third-order valence-corrected chi connectivity index (χ3v) is 9.71. The highest BCUT2D eigenvalue weighted by atomic mass is 16.2. The maximum atomic E-state index is 13.4. The second-order valence-electron chi connectivity index (χ2n) is 11.4. The first kappa shape index (κ1) is 23.5.